The second kappa shape index (κ2) is 8.06. The quantitative estimate of drug-likeness (QED) is 0.636. The van der Waals surface area contributed by atoms with Gasteiger partial charge in [0.2, 0.25) is 11.9 Å². The fraction of sp³-hybridized carbons (Fsp3) is 0.318. The average molecular weight is 401 g/mol. The smallest absolute Gasteiger partial charge is 0.246 e. The second-order valence-corrected chi connectivity index (χ2v) is 7.86. The second-order valence-electron chi connectivity index (χ2n) is 7.86. The molecule has 0 bridgehead atoms. The van der Waals surface area contributed by atoms with Gasteiger partial charge in [-0.3, -0.25) is 9.89 Å². The lowest BCUT2D eigenvalue weighted by Gasteiger charge is -2.13. The van der Waals surface area contributed by atoms with Crippen LogP contribution in [0.25, 0.3) is 6.08 Å². The van der Waals surface area contributed by atoms with Gasteiger partial charge in [-0.2, -0.15) is 0 Å². The Labute approximate surface area is 174 Å². The number of hydrogen-bond donors (Lipinski definition) is 2. The van der Waals surface area contributed by atoms with Crippen molar-refractivity contribution in [3.05, 3.63) is 71.3 Å². The van der Waals surface area contributed by atoms with E-state index in [1.807, 2.05) is 4.90 Å². The molecular weight excluding hydrogens is 378 g/mol. The van der Waals surface area contributed by atoms with Crippen LogP contribution in [0.4, 0.5) is 5.95 Å². The number of H-pyrrole nitrogens is 1. The van der Waals surface area contributed by atoms with Crippen molar-refractivity contribution in [2.45, 2.75) is 31.2 Å². The van der Waals surface area contributed by atoms with Gasteiger partial charge < -0.3 is 10.2 Å². The number of aromatic nitrogens is 5. The van der Waals surface area contributed by atoms with Crippen molar-refractivity contribution in [3.8, 4) is 0 Å². The molecule has 8 nitrogen and oxygen atoms in total. The van der Waals surface area contributed by atoms with Crippen LogP contribution in [0, 0.1) is 0 Å². The van der Waals surface area contributed by atoms with Gasteiger partial charge in [0.25, 0.3) is 0 Å². The SMILES string of the molecule is O=C(/C=C/c1cnc(NC2Cc3ccccc3C2)nc1)N1CCC(c2c[nH]nn2)C1. The molecule has 1 unspecified atom stereocenters. The summed E-state index contributed by atoms with van der Waals surface area (Å²) in [6, 6.07) is 8.83. The average Bonchev–Trinajstić information content (AvgIpc) is 3.52. The number of hydrogen-bond acceptors (Lipinski definition) is 6. The molecule has 0 radical (unpaired) electrons. The van der Waals surface area contributed by atoms with Gasteiger partial charge in [0, 0.05) is 55.3 Å². The van der Waals surface area contributed by atoms with Crippen LogP contribution in [0.2, 0.25) is 0 Å². The van der Waals surface area contributed by atoms with Crippen LogP contribution >= 0.6 is 0 Å². The van der Waals surface area contributed by atoms with Crippen molar-refractivity contribution >= 4 is 17.9 Å². The van der Waals surface area contributed by atoms with Crippen LogP contribution in [0.15, 0.2) is 48.9 Å². The van der Waals surface area contributed by atoms with E-state index in [1.54, 1.807) is 30.7 Å². The van der Waals surface area contributed by atoms with E-state index in [9.17, 15) is 4.79 Å². The van der Waals surface area contributed by atoms with Crippen LogP contribution < -0.4 is 5.32 Å². The lowest BCUT2D eigenvalue weighted by Crippen LogP contribution is -2.26. The minimum absolute atomic E-state index is 0.00748. The first-order valence-electron chi connectivity index (χ1n) is 10.2. The molecule has 1 amide bonds. The van der Waals surface area contributed by atoms with Gasteiger partial charge in [-0.1, -0.05) is 29.5 Å². The lowest BCUT2D eigenvalue weighted by molar-refractivity contribution is -0.124. The molecule has 2 aliphatic rings. The Morgan fingerprint density at radius 1 is 1.17 bits per heavy atom. The molecule has 2 N–H and O–H groups in total. The van der Waals surface area contributed by atoms with E-state index in [1.165, 1.54) is 11.1 Å². The Morgan fingerprint density at radius 2 is 1.93 bits per heavy atom. The molecule has 3 heterocycles. The van der Waals surface area contributed by atoms with E-state index in [0.717, 1.165) is 37.1 Å². The minimum atomic E-state index is -0.00748. The molecule has 8 heteroatoms. The van der Waals surface area contributed by atoms with Crippen LogP contribution in [0.3, 0.4) is 0 Å². The summed E-state index contributed by atoms with van der Waals surface area (Å²) in [4.78, 5) is 23.1. The first-order chi connectivity index (χ1) is 14.7. The number of carbonyl (C=O) groups excluding carboxylic acids is 1. The first-order valence-corrected chi connectivity index (χ1v) is 10.2. The van der Waals surface area contributed by atoms with E-state index in [0.29, 0.717) is 18.5 Å². The summed E-state index contributed by atoms with van der Waals surface area (Å²) >= 11 is 0. The molecule has 0 saturated carbocycles. The van der Waals surface area contributed by atoms with Crippen LogP contribution in [-0.4, -0.2) is 55.3 Å². The van der Waals surface area contributed by atoms with E-state index >= 15 is 0 Å². The van der Waals surface area contributed by atoms with E-state index in [-0.39, 0.29) is 11.8 Å². The Kier molecular flexibility index (Phi) is 4.96. The molecule has 2 aromatic heterocycles. The molecular formula is C22H23N7O. The number of amides is 1. The summed E-state index contributed by atoms with van der Waals surface area (Å²) < 4.78 is 0. The Morgan fingerprint density at radius 3 is 2.63 bits per heavy atom. The summed E-state index contributed by atoms with van der Waals surface area (Å²) in [6.45, 7) is 1.39. The molecule has 1 aliphatic carbocycles. The largest absolute Gasteiger partial charge is 0.351 e. The molecule has 3 aromatic rings. The van der Waals surface area contributed by atoms with Crippen molar-refractivity contribution in [2.24, 2.45) is 0 Å². The zero-order valence-electron chi connectivity index (χ0n) is 16.5. The molecule has 0 spiro atoms. The van der Waals surface area contributed by atoms with Crippen LogP contribution in [-0.2, 0) is 17.6 Å². The number of rotatable bonds is 5. The molecule has 1 aromatic carbocycles. The van der Waals surface area contributed by atoms with Crippen LogP contribution in [0.1, 0.15) is 34.7 Å². The number of benzene rings is 1. The van der Waals surface area contributed by atoms with Gasteiger partial charge in [-0.05, 0) is 36.5 Å². The fourth-order valence-corrected chi connectivity index (χ4v) is 4.23. The normalized spacial score (nSPS) is 18.8. The summed E-state index contributed by atoms with van der Waals surface area (Å²) in [5.74, 6) is 0.856. The standard InChI is InChI=1S/C22H23N7O/c30-21(29-8-7-18(14-29)20-13-25-28-27-20)6-5-15-11-23-22(24-12-15)26-19-9-16-3-1-2-4-17(16)10-19/h1-6,11-13,18-19H,7-10,14H2,(H,23,24,26)(H,25,27,28)/b6-5+. The van der Waals surface area contributed by atoms with Crippen molar-refractivity contribution in [3.63, 3.8) is 0 Å². The highest BCUT2D eigenvalue weighted by atomic mass is 16.2. The van der Waals surface area contributed by atoms with Gasteiger partial charge in [0.1, 0.15) is 0 Å². The zero-order chi connectivity index (χ0) is 20.3. The third-order valence-electron chi connectivity index (χ3n) is 5.83. The topological polar surface area (TPSA) is 99.7 Å². The number of likely N-dealkylation sites (tertiary alicyclic amines) is 1. The lowest BCUT2D eigenvalue weighted by atomic mass is 10.1. The number of fused-ring (bicyclic) bond motifs is 1. The number of carbonyl (C=O) groups is 1. The summed E-state index contributed by atoms with van der Waals surface area (Å²) in [7, 11) is 0. The Balaban J connectivity index is 1.14. The first kappa shape index (κ1) is 18.5. The predicted octanol–water partition coefficient (Wildman–Crippen LogP) is 2.20. The summed E-state index contributed by atoms with van der Waals surface area (Å²) in [5.41, 5.74) is 4.49. The highest BCUT2D eigenvalue weighted by molar-refractivity contribution is 5.91. The maximum absolute atomic E-state index is 12.5. The van der Waals surface area contributed by atoms with E-state index in [2.05, 4.69) is 55.0 Å². The van der Waals surface area contributed by atoms with Crippen molar-refractivity contribution in [2.75, 3.05) is 18.4 Å². The van der Waals surface area contributed by atoms with Crippen molar-refractivity contribution < 1.29 is 4.79 Å². The van der Waals surface area contributed by atoms with Gasteiger partial charge in [-0.15, -0.1) is 5.10 Å². The Bertz CT molecular complexity index is 1020. The summed E-state index contributed by atoms with van der Waals surface area (Å²) in [6.07, 6.45) is 11.5. The molecule has 1 saturated heterocycles. The third-order valence-corrected chi connectivity index (χ3v) is 5.83. The van der Waals surface area contributed by atoms with E-state index < -0.39 is 0 Å². The minimum Gasteiger partial charge on any atom is -0.351 e. The number of anilines is 1. The molecule has 1 fully saturated rings. The number of nitrogens with one attached hydrogen (secondary N) is 2. The molecule has 1 aliphatic heterocycles. The predicted molar refractivity (Wildman–Crippen MR) is 113 cm³/mol. The monoisotopic (exact) mass is 401 g/mol. The summed E-state index contributed by atoms with van der Waals surface area (Å²) in [5, 5.41) is 13.9. The van der Waals surface area contributed by atoms with Gasteiger partial charge in [-0.25, -0.2) is 9.97 Å². The number of nitrogens with zero attached hydrogens (tertiary/aromatic N) is 5. The molecule has 30 heavy (non-hydrogen) atoms. The maximum Gasteiger partial charge on any atom is 0.246 e. The van der Waals surface area contributed by atoms with Crippen molar-refractivity contribution in [1.82, 2.24) is 30.3 Å². The number of aromatic amines is 1. The van der Waals surface area contributed by atoms with Crippen molar-refractivity contribution in [1.29, 1.82) is 0 Å². The van der Waals surface area contributed by atoms with Crippen LogP contribution in [0.5, 0.6) is 0 Å². The molecule has 152 valence electrons. The highest BCUT2D eigenvalue weighted by Crippen LogP contribution is 2.25. The van der Waals surface area contributed by atoms with Gasteiger partial charge >= 0.3 is 0 Å². The van der Waals surface area contributed by atoms with Gasteiger partial charge in [0.15, 0.2) is 0 Å². The Hall–Kier alpha value is -3.55. The fourth-order valence-electron chi connectivity index (χ4n) is 4.23. The molecule has 5 rings (SSSR count). The third kappa shape index (κ3) is 3.94. The highest BCUT2D eigenvalue weighted by Gasteiger charge is 2.27. The molecule has 1 atom stereocenters. The maximum atomic E-state index is 12.5. The van der Waals surface area contributed by atoms with E-state index in [4.69, 9.17) is 0 Å². The van der Waals surface area contributed by atoms with Gasteiger partial charge in [0.05, 0.1) is 5.69 Å². The zero-order valence-corrected chi connectivity index (χ0v) is 16.5.